The fourth-order valence-corrected chi connectivity index (χ4v) is 3.84. The lowest BCUT2D eigenvalue weighted by atomic mass is 10.1. The molecule has 2 nitrogen and oxygen atoms in total. The summed E-state index contributed by atoms with van der Waals surface area (Å²) in [5.41, 5.74) is 2.10. The lowest BCUT2D eigenvalue weighted by molar-refractivity contribution is -0.133. The highest BCUT2D eigenvalue weighted by Crippen LogP contribution is 2.49. The molecule has 0 aromatic heterocycles. The average Bonchev–Trinajstić information content (AvgIpc) is 3.46. The average molecular weight is 388 g/mol. The number of rotatable bonds is 5. The Bertz CT molecular complexity index is 774. The van der Waals surface area contributed by atoms with Gasteiger partial charge in [0, 0.05) is 23.0 Å². The standard InChI is InChI=1S/C20H19BrFNO/c21-15-5-1-3-13(9-15)12-23(17-7-8-17)20(24)19-11-18(19)14-4-2-6-16(22)10-14/h1-6,9-10,17-19H,7-8,11-12H2. The molecule has 124 valence electrons. The first kappa shape index (κ1) is 15.8. The Morgan fingerprint density at radius 2 is 1.96 bits per heavy atom. The molecule has 2 unspecified atom stereocenters. The zero-order valence-corrected chi connectivity index (χ0v) is 14.9. The van der Waals surface area contributed by atoms with Crippen molar-refractivity contribution in [2.24, 2.45) is 5.92 Å². The van der Waals surface area contributed by atoms with E-state index in [1.807, 2.05) is 23.1 Å². The Labute approximate surface area is 149 Å². The molecule has 0 N–H and O–H groups in total. The number of hydrogen-bond acceptors (Lipinski definition) is 1. The van der Waals surface area contributed by atoms with Crippen molar-refractivity contribution in [1.82, 2.24) is 4.90 Å². The number of nitrogens with zero attached hydrogens (tertiary/aromatic N) is 1. The highest BCUT2D eigenvalue weighted by Gasteiger charge is 2.48. The zero-order valence-electron chi connectivity index (χ0n) is 13.3. The van der Waals surface area contributed by atoms with E-state index < -0.39 is 0 Å². The maximum absolute atomic E-state index is 13.4. The normalized spacial score (nSPS) is 22.2. The van der Waals surface area contributed by atoms with Crippen LogP contribution in [0, 0.1) is 11.7 Å². The molecule has 2 fully saturated rings. The second kappa shape index (κ2) is 6.32. The van der Waals surface area contributed by atoms with E-state index in [2.05, 4.69) is 28.1 Å². The Morgan fingerprint density at radius 1 is 1.17 bits per heavy atom. The summed E-state index contributed by atoms with van der Waals surface area (Å²) in [4.78, 5) is 15.0. The second-order valence-electron chi connectivity index (χ2n) is 6.83. The molecule has 24 heavy (non-hydrogen) atoms. The Balaban J connectivity index is 1.48. The SMILES string of the molecule is O=C(C1CC1c1cccc(F)c1)N(Cc1cccc(Br)c1)C1CC1. The van der Waals surface area contributed by atoms with Crippen LogP contribution in [0.1, 0.15) is 36.3 Å². The van der Waals surface area contributed by atoms with E-state index in [4.69, 9.17) is 0 Å². The van der Waals surface area contributed by atoms with E-state index in [0.29, 0.717) is 12.6 Å². The van der Waals surface area contributed by atoms with Crippen LogP contribution in [-0.2, 0) is 11.3 Å². The number of amides is 1. The van der Waals surface area contributed by atoms with E-state index in [1.54, 1.807) is 12.1 Å². The maximum atomic E-state index is 13.4. The molecule has 0 radical (unpaired) electrons. The van der Waals surface area contributed by atoms with Crippen LogP contribution < -0.4 is 0 Å². The third-order valence-corrected chi connectivity index (χ3v) is 5.39. The second-order valence-corrected chi connectivity index (χ2v) is 7.75. The van der Waals surface area contributed by atoms with Crippen molar-refractivity contribution in [3.8, 4) is 0 Å². The van der Waals surface area contributed by atoms with E-state index in [9.17, 15) is 9.18 Å². The molecule has 2 saturated carbocycles. The Hall–Kier alpha value is -1.68. The molecule has 0 bridgehead atoms. The van der Waals surface area contributed by atoms with Gasteiger partial charge in [-0.1, -0.05) is 40.2 Å². The van der Waals surface area contributed by atoms with Crippen molar-refractivity contribution in [1.29, 1.82) is 0 Å². The molecule has 0 heterocycles. The number of hydrogen-bond donors (Lipinski definition) is 0. The van der Waals surface area contributed by atoms with Gasteiger partial charge in [-0.2, -0.15) is 0 Å². The molecule has 2 aliphatic carbocycles. The molecule has 2 aliphatic rings. The minimum absolute atomic E-state index is 0.0135. The third-order valence-electron chi connectivity index (χ3n) is 4.90. The summed E-state index contributed by atoms with van der Waals surface area (Å²) in [7, 11) is 0. The van der Waals surface area contributed by atoms with Crippen molar-refractivity contribution in [2.45, 2.75) is 37.8 Å². The van der Waals surface area contributed by atoms with Gasteiger partial charge in [-0.25, -0.2) is 4.39 Å². The topological polar surface area (TPSA) is 20.3 Å². The molecule has 2 aromatic carbocycles. The van der Waals surface area contributed by atoms with Crippen LogP contribution in [0.5, 0.6) is 0 Å². The number of benzene rings is 2. The minimum atomic E-state index is -0.223. The van der Waals surface area contributed by atoms with Gasteiger partial charge >= 0.3 is 0 Å². The predicted octanol–water partition coefficient (Wildman–Crippen LogP) is 4.88. The van der Waals surface area contributed by atoms with Crippen LogP contribution >= 0.6 is 15.9 Å². The van der Waals surface area contributed by atoms with Gasteiger partial charge in [0.15, 0.2) is 0 Å². The predicted molar refractivity (Wildman–Crippen MR) is 95.0 cm³/mol. The van der Waals surface area contributed by atoms with Gasteiger partial charge in [0.25, 0.3) is 0 Å². The van der Waals surface area contributed by atoms with Gasteiger partial charge in [0.2, 0.25) is 5.91 Å². The largest absolute Gasteiger partial charge is 0.335 e. The molecule has 4 rings (SSSR count). The fourth-order valence-electron chi connectivity index (χ4n) is 3.39. The van der Waals surface area contributed by atoms with Crippen molar-refractivity contribution in [2.75, 3.05) is 0 Å². The summed E-state index contributed by atoms with van der Waals surface area (Å²) < 4.78 is 14.4. The zero-order chi connectivity index (χ0) is 16.7. The van der Waals surface area contributed by atoms with Gasteiger partial charge in [-0.15, -0.1) is 0 Å². The highest BCUT2D eigenvalue weighted by atomic mass is 79.9. The number of halogens is 2. The molecule has 0 aliphatic heterocycles. The molecule has 2 atom stereocenters. The molecular weight excluding hydrogens is 369 g/mol. The van der Waals surface area contributed by atoms with E-state index in [1.165, 1.54) is 6.07 Å². The molecular formula is C20H19BrFNO. The van der Waals surface area contributed by atoms with Crippen LogP contribution in [-0.4, -0.2) is 16.8 Å². The molecule has 2 aromatic rings. The van der Waals surface area contributed by atoms with Crippen LogP contribution in [0.2, 0.25) is 0 Å². The van der Waals surface area contributed by atoms with Crippen LogP contribution in [0.15, 0.2) is 53.0 Å². The van der Waals surface area contributed by atoms with Gasteiger partial charge < -0.3 is 4.90 Å². The monoisotopic (exact) mass is 387 g/mol. The first-order valence-electron chi connectivity index (χ1n) is 8.42. The summed E-state index contributed by atoms with van der Waals surface area (Å²) in [6.45, 7) is 0.662. The number of carbonyl (C=O) groups excluding carboxylic acids is 1. The van der Waals surface area contributed by atoms with E-state index in [0.717, 1.165) is 34.9 Å². The third kappa shape index (κ3) is 3.39. The van der Waals surface area contributed by atoms with Crippen molar-refractivity contribution < 1.29 is 9.18 Å². The summed E-state index contributed by atoms with van der Waals surface area (Å²) in [5.74, 6) is 0.196. The smallest absolute Gasteiger partial charge is 0.226 e. The minimum Gasteiger partial charge on any atom is -0.335 e. The lowest BCUT2D eigenvalue weighted by Gasteiger charge is -2.23. The lowest BCUT2D eigenvalue weighted by Crippen LogP contribution is -2.34. The summed E-state index contributed by atoms with van der Waals surface area (Å²) in [5, 5.41) is 0. The quantitative estimate of drug-likeness (QED) is 0.715. The maximum Gasteiger partial charge on any atom is 0.226 e. The Kier molecular flexibility index (Phi) is 4.17. The van der Waals surface area contributed by atoms with Gasteiger partial charge in [-0.3, -0.25) is 4.79 Å². The van der Waals surface area contributed by atoms with Crippen LogP contribution in [0.4, 0.5) is 4.39 Å². The van der Waals surface area contributed by atoms with Crippen molar-refractivity contribution in [3.63, 3.8) is 0 Å². The molecule has 1 amide bonds. The van der Waals surface area contributed by atoms with Crippen molar-refractivity contribution >= 4 is 21.8 Å². The first-order chi connectivity index (χ1) is 11.6. The summed E-state index contributed by atoms with van der Waals surface area (Å²) in [6, 6.07) is 15.2. The molecule has 4 heteroatoms. The number of carbonyl (C=O) groups is 1. The van der Waals surface area contributed by atoms with E-state index >= 15 is 0 Å². The van der Waals surface area contributed by atoms with Crippen LogP contribution in [0.25, 0.3) is 0 Å². The highest BCUT2D eigenvalue weighted by molar-refractivity contribution is 9.10. The first-order valence-corrected chi connectivity index (χ1v) is 9.21. The van der Waals surface area contributed by atoms with Gasteiger partial charge in [0.05, 0.1) is 0 Å². The molecule has 0 saturated heterocycles. The van der Waals surface area contributed by atoms with Gasteiger partial charge in [-0.05, 0) is 60.6 Å². The van der Waals surface area contributed by atoms with Gasteiger partial charge in [0.1, 0.15) is 5.82 Å². The van der Waals surface area contributed by atoms with Crippen molar-refractivity contribution in [3.05, 3.63) is 69.9 Å². The fraction of sp³-hybridized carbons (Fsp3) is 0.350. The van der Waals surface area contributed by atoms with E-state index in [-0.39, 0.29) is 23.6 Å². The van der Waals surface area contributed by atoms with Crippen LogP contribution in [0.3, 0.4) is 0 Å². The summed E-state index contributed by atoms with van der Waals surface area (Å²) >= 11 is 3.49. The summed E-state index contributed by atoms with van der Waals surface area (Å²) in [6.07, 6.45) is 3.03. The molecule has 0 spiro atoms. The Morgan fingerprint density at radius 3 is 2.67 bits per heavy atom.